The molecule has 0 saturated heterocycles. The molecule has 1 atom stereocenters. The van der Waals surface area contributed by atoms with Crippen LogP contribution in [0.2, 0.25) is 0 Å². The fourth-order valence-electron chi connectivity index (χ4n) is 1.87. The topological polar surface area (TPSA) is 12.0 Å². The van der Waals surface area contributed by atoms with E-state index in [2.05, 4.69) is 33.0 Å². The maximum absolute atomic E-state index is 3.76. The van der Waals surface area contributed by atoms with E-state index in [1.54, 1.807) is 0 Å². The fraction of sp³-hybridized carbons (Fsp3) is 1.00. The minimum absolute atomic E-state index is 0.400. The Morgan fingerprint density at radius 2 is 1.62 bits per heavy atom. The van der Waals surface area contributed by atoms with E-state index < -0.39 is 0 Å². The minimum atomic E-state index is 0.400. The molecule has 0 aliphatic heterocycles. The molecule has 1 unspecified atom stereocenters. The van der Waals surface area contributed by atoms with Gasteiger partial charge in [0.1, 0.15) is 0 Å². The van der Waals surface area contributed by atoms with Gasteiger partial charge in [-0.15, -0.1) is 0 Å². The average Bonchev–Trinajstić information content (AvgIpc) is 2.04. The van der Waals surface area contributed by atoms with Gasteiger partial charge < -0.3 is 5.32 Å². The highest BCUT2D eigenvalue weighted by molar-refractivity contribution is 4.81. The highest BCUT2D eigenvalue weighted by Gasteiger charge is 2.23. The van der Waals surface area contributed by atoms with Crippen LogP contribution in [0.5, 0.6) is 0 Å². The molecule has 0 aromatic heterocycles. The van der Waals surface area contributed by atoms with Gasteiger partial charge in [0.2, 0.25) is 0 Å². The lowest BCUT2D eigenvalue weighted by molar-refractivity contribution is 0.238. The highest BCUT2D eigenvalue weighted by atomic mass is 15.0. The standard InChI is InChI=1S/C12H25N/c1-10(12(2,3)4)13-11-8-6-5-7-9-11/h10-11,13H,5-9H2,1-4H3. The monoisotopic (exact) mass is 183 g/mol. The van der Waals surface area contributed by atoms with Crippen molar-refractivity contribution in [2.24, 2.45) is 5.41 Å². The second kappa shape index (κ2) is 4.45. The van der Waals surface area contributed by atoms with Gasteiger partial charge in [0.15, 0.2) is 0 Å². The fourth-order valence-corrected chi connectivity index (χ4v) is 1.87. The Morgan fingerprint density at radius 1 is 1.08 bits per heavy atom. The molecule has 1 rings (SSSR count). The number of hydrogen-bond donors (Lipinski definition) is 1. The van der Waals surface area contributed by atoms with Crippen molar-refractivity contribution in [2.45, 2.75) is 71.9 Å². The second-order valence-corrected chi connectivity index (χ2v) is 5.59. The molecule has 0 heterocycles. The predicted octanol–water partition coefficient (Wildman–Crippen LogP) is 3.34. The van der Waals surface area contributed by atoms with Crippen molar-refractivity contribution in [2.75, 3.05) is 0 Å². The van der Waals surface area contributed by atoms with Crippen molar-refractivity contribution >= 4 is 0 Å². The van der Waals surface area contributed by atoms with Crippen molar-refractivity contribution in [3.8, 4) is 0 Å². The third kappa shape index (κ3) is 3.68. The molecular weight excluding hydrogens is 158 g/mol. The van der Waals surface area contributed by atoms with Crippen molar-refractivity contribution in [3.05, 3.63) is 0 Å². The summed E-state index contributed by atoms with van der Waals surface area (Å²) in [7, 11) is 0. The zero-order valence-corrected chi connectivity index (χ0v) is 9.69. The molecular formula is C12H25N. The van der Waals surface area contributed by atoms with E-state index in [-0.39, 0.29) is 0 Å². The lowest BCUT2D eigenvalue weighted by Crippen LogP contribution is -2.44. The van der Waals surface area contributed by atoms with Crippen LogP contribution in [0.25, 0.3) is 0 Å². The SMILES string of the molecule is CC(NC1CCCCC1)C(C)(C)C. The quantitative estimate of drug-likeness (QED) is 0.692. The maximum atomic E-state index is 3.76. The molecule has 1 nitrogen and oxygen atoms in total. The zero-order valence-electron chi connectivity index (χ0n) is 9.69. The Labute approximate surface area is 83.3 Å². The minimum Gasteiger partial charge on any atom is -0.311 e. The Morgan fingerprint density at radius 3 is 2.08 bits per heavy atom. The number of nitrogens with one attached hydrogen (secondary N) is 1. The molecule has 1 fully saturated rings. The van der Waals surface area contributed by atoms with Crippen LogP contribution in [0.4, 0.5) is 0 Å². The summed E-state index contributed by atoms with van der Waals surface area (Å²) in [5, 5.41) is 3.76. The molecule has 1 saturated carbocycles. The molecule has 0 spiro atoms. The molecule has 78 valence electrons. The van der Waals surface area contributed by atoms with Crippen molar-refractivity contribution < 1.29 is 0 Å². The zero-order chi connectivity index (χ0) is 9.90. The van der Waals surface area contributed by atoms with Crippen molar-refractivity contribution in [1.82, 2.24) is 5.32 Å². The summed E-state index contributed by atoms with van der Waals surface area (Å²) in [6.07, 6.45) is 7.08. The molecule has 0 bridgehead atoms. The van der Waals surface area contributed by atoms with E-state index in [0.29, 0.717) is 11.5 Å². The van der Waals surface area contributed by atoms with Gasteiger partial charge in [0.05, 0.1) is 0 Å². The van der Waals surface area contributed by atoms with Gasteiger partial charge in [-0.3, -0.25) is 0 Å². The molecule has 1 heteroatoms. The molecule has 0 aromatic carbocycles. The average molecular weight is 183 g/mol. The molecule has 1 aliphatic carbocycles. The lowest BCUT2D eigenvalue weighted by atomic mass is 9.86. The largest absolute Gasteiger partial charge is 0.311 e. The lowest BCUT2D eigenvalue weighted by Gasteiger charge is -2.34. The van der Waals surface area contributed by atoms with Crippen molar-refractivity contribution in [1.29, 1.82) is 0 Å². The summed E-state index contributed by atoms with van der Waals surface area (Å²) in [4.78, 5) is 0. The molecule has 1 N–H and O–H groups in total. The van der Waals surface area contributed by atoms with Gasteiger partial charge in [-0.25, -0.2) is 0 Å². The molecule has 1 aliphatic rings. The highest BCUT2D eigenvalue weighted by Crippen LogP contribution is 2.23. The number of rotatable bonds is 2. The molecule has 0 amide bonds. The first-order chi connectivity index (χ1) is 6.00. The van der Waals surface area contributed by atoms with Gasteiger partial charge in [0.25, 0.3) is 0 Å². The van der Waals surface area contributed by atoms with Crippen LogP contribution in [-0.2, 0) is 0 Å². The van der Waals surface area contributed by atoms with Crippen LogP contribution in [0.15, 0.2) is 0 Å². The second-order valence-electron chi connectivity index (χ2n) is 5.59. The normalized spacial score (nSPS) is 23.1. The van der Waals surface area contributed by atoms with Crippen LogP contribution in [0.1, 0.15) is 59.8 Å². The summed E-state index contributed by atoms with van der Waals surface area (Å²) in [6, 6.07) is 1.43. The Kier molecular flexibility index (Phi) is 3.78. The van der Waals surface area contributed by atoms with E-state index in [9.17, 15) is 0 Å². The third-order valence-electron chi connectivity index (χ3n) is 3.39. The van der Waals surface area contributed by atoms with Gasteiger partial charge in [0, 0.05) is 12.1 Å². The number of hydrogen-bond acceptors (Lipinski definition) is 1. The summed E-state index contributed by atoms with van der Waals surface area (Å²) < 4.78 is 0. The van der Waals surface area contributed by atoms with Gasteiger partial charge in [-0.2, -0.15) is 0 Å². The summed E-state index contributed by atoms with van der Waals surface area (Å²) in [5.74, 6) is 0. The molecule has 0 radical (unpaired) electrons. The summed E-state index contributed by atoms with van der Waals surface area (Å²) >= 11 is 0. The van der Waals surface area contributed by atoms with Crippen LogP contribution >= 0.6 is 0 Å². The predicted molar refractivity (Wildman–Crippen MR) is 58.9 cm³/mol. The van der Waals surface area contributed by atoms with E-state index in [4.69, 9.17) is 0 Å². The smallest absolute Gasteiger partial charge is 0.00898 e. The van der Waals surface area contributed by atoms with Crippen LogP contribution in [0, 0.1) is 5.41 Å². The van der Waals surface area contributed by atoms with Crippen molar-refractivity contribution in [3.63, 3.8) is 0 Å². The van der Waals surface area contributed by atoms with Crippen LogP contribution in [-0.4, -0.2) is 12.1 Å². The van der Waals surface area contributed by atoms with E-state index >= 15 is 0 Å². The van der Waals surface area contributed by atoms with Gasteiger partial charge in [-0.1, -0.05) is 40.0 Å². The first kappa shape index (κ1) is 11.0. The maximum Gasteiger partial charge on any atom is 0.00898 e. The summed E-state index contributed by atoms with van der Waals surface area (Å²) in [5.41, 5.74) is 0.400. The van der Waals surface area contributed by atoms with Crippen LogP contribution in [0.3, 0.4) is 0 Å². The van der Waals surface area contributed by atoms with Gasteiger partial charge >= 0.3 is 0 Å². The van der Waals surface area contributed by atoms with Gasteiger partial charge in [-0.05, 0) is 25.2 Å². The van der Waals surface area contributed by atoms with E-state index in [1.807, 2.05) is 0 Å². The summed E-state index contributed by atoms with van der Waals surface area (Å²) in [6.45, 7) is 9.25. The Balaban J connectivity index is 2.30. The van der Waals surface area contributed by atoms with Crippen LogP contribution < -0.4 is 5.32 Å². The third-order valence-corrected chi connectivity index (χ3v) is 3.39. The first-order valence-electron chi connectivity index (χ1n) is 5.76. The van der Waals surface area contributed by atoms with E-state index in [1.165, 1.54) is 32.1 Å². The Bertz CT molecular complexity index is 140. The first-order valence-corrected chi connectivity index (χ1v) is 5.76. The van der Waals surface area contributed by atoms with E-state index in [0.717, 1.165) is 6.04 Å². The molecule has 13 heavy (non-hydrogen) atoms. The molecule has 0 aromatic rings. The Hall–Kier alpha value is -0.0400.